The topological polar surface area (TPSA) is 67.4 Å². The van der Waals surface area contributed by atoms with Gasteiger partial charge in [-0.3, -0.25) is 10.1 Å². The molecule has 0 spiro atoms. The first kappa shape index (κ1) is 19.3. The number of rotatable bonds is 5. The number of amides is 2. The molecule has 1 aliphatic carbocycles. The van der Waals surface area contributed by atoms with E-state index in [-0.39, 0.29) is 18.1 Å². The van der Waals surface area contributed by atoms with Gasteiger partial charge in [-0.2, -0.15) is 0 Å². The molecular formula is C21H24N2O3S. The predicted molar refractivity (Wildman–Crippen MR) is 108 cm³/mol. The molecule has 5 nitrogen and oxygen atoms in total. The van der Waals surface area contributed by atoms with Crippen LogP contribution in [0.2, 0.25) is 0 Å². The quantitative estimate of drug-likeness (QED) is 0.734. The van der Waals surface area contributed by atoms with Gasteiger partial charge in [-0.25, -0.2) is 4.79 Å². The monoisotopic (exact) mass is 384 g/mol. The highest BCUT2D eigenvalue weighted by Gasteiger charge is 2.26. The second-order valence-corrected chi connectivity index (χ2v) is 7.40. The number of anilines is 1. The van der Waals surface area contributed by atoms with Crippen molar-refractivity contribution < 1.29 is 14.3 Å². The van der Waals surface area contributed by atoms with Crippen LogP contribution < -0.4 is 10.6 Å². The Bertz CT molecular complexity index is 782. The number of carbonyl (C=O) groups excluding carboxylic acids is 2. The molecule has 1 saturated carbocycles. The van der Waals surface area contributed by atoms with Crippen LogP contribution in [-0.4, -0.2) is 30.4 Å². The molecule has 1 fully saturated rings. The summed E-state index contributed by atoms with van der Waals surface area (Å²) in [5, 5.41) is 5.83. The number of hydrogen-bond acceptors (Lipinski definition) is 4. The molecule has 0 heterocycles. The van der Waals surface area contributed by atoms with Crippen LogP contribution in [0.3, 0.4) is 0 Å². The van der Waals surface area contributed by atoms with Gasteiger partial charge in [0.2, 0.25) is 0 Å². The lowest BCUT2D eigenvalue weighted by Gasteiger charge is -2.29. The van der Waals surface area contributed by atoms with Crippen molar-refractivity contribution in [3.8, 4) is 0 Å². The molecule has 2 N–H and O–H groups in total. The van der Waals surface area contributed by atoms with Gasteiger partial charge < -0.3 is 10.1 Å². The third kappa shape index (κ3) is 5.50. The van der Waals surface area contributed by atoms with Crippen LogP contribution in [0.25, 0.3) is 0 Å². The van der Waals surface area contributed by atoms with Crippen molar-refractivity contribution in [2.75, 3.05) is 11.6 Å². The van der Waals surface area contributed by atoms with Gasteiger partial charge in [-0.1, -0.05) is 30.3 Å². The zero-order valence-corrected chi connectivity index (χ0v) is 16.1. The van der Waals surface area contributed by atoms with Crippen molar-refractivity contribution in [1.82, 2.24) is 5.32 Å². The number of nitrogens with one attached hydrogen (secondary N) is 2. The maximum absolute atomic E-state index is 12.6. The third-order valence-corrected chi connectivity index (χ3v) is 5.40. The molecule has 1 aliphatic rings. The molecule has 2 aromatic carbocycles. The van der Waals surface area contributed by atoms with Gasteiger partial charge in [0.25, 0.3) is 5.91 Å². The van der Waals surface area contributed by atoms with Gasteiger partial charge in [0, 0.05) is 23.0 Å². The number of para-hydroxylation sites is 1. The number of carbonyl (C=O) groups is 2. The minimum absolute atomic E-state index is 0.00990. The predicted octanol–water partition coefficient (Wildman–Crippen LogP) is 4.70. The second-order valence-electron chi connectivity index (χ2n) is 6.56. The molecule has 0 aliphatic heterocycles. The molecular weight excluding hydrogens is 360 g/mol. The lowest BCUT2D eigenvalue weighted by Crippen LogP contribution is -2.41. The van der Waals surface area contributed by atoms with Gasteiger partial charge in [-0.15, -0.1) is 11.8 Å². The number of thioether (sulfide) groups is 1. The Morgan fingerprint density at radius 3 is 2.56 bits per heavy atom. The van der Waals surface area contributed by atoms with Crippen molar-refractivity contribution in [2.45, 2.75) is 42.7 Å². The fraction of sp³-hybridized carbons (Fsp3) is 0.333. The van der Waals surface area contributed by atoms with Gasteiger partial charge in [-0.05, 0) is 49.8 Å². The van der Waals surface area contributed by atoms with Crippen LogP contribution in [0, 0.1) is 0 Å². The number of hydrogen-bond donors (Lipinski definition) is 2. The summed E-state index contributed by atoms with van der Waals surface area (Å²) in [4.78, 5) is 25.7. The van der Waals surface area contributed by atoms with Gasteiger partial charge in [0.15, 0.2) is 0 Å². The lowest BCUT2D eigenvalue weighted by atomic mass is 9.92. The summed E-state index contributed by atoms with van der Waals surface area (Å²) in [6.07, 6.45) is 4.58. The van der Waals surface area contributed by atoms with E-state index in [1.807, 2.05) is 60.9 Å². The van der Waals surface area contributed by atoms with E-state index in [0.717, 1.165) is 24.2 Å². The maximum atomic E-state index is 12.6. The van der Waals surface area contributed by atoms with Gasteiger partial charge >= 0.3 is 6.09 Å². The highest BCUT2D eigenvalue weighted by Crippen LogP contribution is 2.24. The van der Waals surface area contributed by atoms with Crippen LogP contribution in [0.15, 0.2) is 59.5 Å². The Balaban J connectivity index is 1.53. The van der Waals surface area contributed by atoms with Crippen molar-refractivity contribution in [2.24, 2.45) is 0 Å². The van der Waals surface area contributed by atoms with Crippen molar-refractivity contribution in [1.29, 1.82) is 0 Å². The normalized spacial score (nSPS) is 19.1. The second kappa shape index (κ2) is 9.46. The van der Waals surface area contributed by atoms with Crippen LogP contribution in [0.5, 0.6) is 0 Å². The van der Waals surface area contributed by atoms with Crippen LogP contribution in [-0.2, 0) is 4.74 Å². The highest BCUT2D eigenvalue weighted by atomic mass is 32.2. The SMILES string of the molecule is CSc1ccccc1C(=O)N[C@H]1CCC[C@@H](OC(=O)Nc2ccccc2)C1. The van der Waals surface area contributed by atoms with Crippen LogP contribution >= 0.6 is 11.8 Å². The molecule has 0 saturated heterocycles. The smallest absolute Gasteiger partial charge is 0.411 e. The zero-order chi connectivity index (χ0) is 19.1. The molecule has 142 valence electrons. The highest BCUT2D eigenvalue weighted by molar-refractivity contribution is 7.98. The Morgan fingerprint density at radius 1 is 1.04 bits per heavy atom. The molecule has 0 bridgehead atoms. The molecule has 0 aromatic heterocycles. The Labute approximate surface area is 163 Å². The van der Waals surface area contributed by atoms with E-state index in [2.05, 4.69) is 10.6 Å². The van der Waals surface area contributed by atoms with E-state index in [1.165, 1.54) is 0 Å². The molecule has 3 rings (SSSR count). The molecule has 2 aromatic rings. The fourth-order valence-corrected chi connectivity index (χ4v) is 3.89. The van der Waals surface area contributed by atoms with E-state index in [1.54, 1.807) is 11.8 Å². The van der Waals surface area contributed by atoms with Crippen molar-refractivity contribution >= 4 is 29.4 Å². The Morgan fingerprint density at radius 2 is 1.78 bits per heavy atom. The summed E-state index contributed by atoms with van der Waals surface area (Å²) in [5.74, 6) is -0.0701. The van der Waals surface area contributed by atoms with Crippen LogP contribution in [0.4, 0.5) is 10.5 Å². The lowest BCUT2D eigenvalue weighted by molar-refractivity contribution is 0.0711. The van der Waals surface area contributed by atoms with E-state index >= 15 is 0 Å². The minimum Gasteiger partial charge on any atom is -0.446 e. The third-order valence-electron chi connectivity index (χ3n) is 4.61. The first-order valence-electron chi connectivity index (χ1n) is 9.12. The summed E-state index contributed by atoms with van der Waals surface area (Å²) in [6, 6.07) is 16.8. The fourth-order valence-electron chi connectivity index (χ4n) is 3.30. The van der Waals surface area contributed by atoms with Crippen LogP contribution in [0.1, 0.15) is 36.0 Å². The Kier molecular flexibility index (Phi) is 6.76. The molecule has 0 unspecified atom stereocenters. The molecule has 2 amide bonds. The Hall–Kier alpha value is -2.47. The van der Waals surface area contributed by atoms with E-state index < -0.39 is 6.09 Å². The summed E-state index contributed by atoms with van der Waals surface area (Å²) in [7, 11) is 0. The summed E-state index contributed by atoms with van der Waals surface area (Å²) in [6.45, 7) is 0. The largest absolute Gasteiger partial charge is 0.446 e. The molecule has 0 radical (unpaired) electrons. The van der Waals surface area contributed by atoms with E-state index in [0.29, 0.717) is 17.7 Å². The first-order valence-corrected chi connectivity index (χ1v) is 10.3. The summed E-state index contributed by atoms with van der Waals surface area (Å²) in [5.41, 5.74) is 1.40. The van der Waals surface area contributed by atoms with Gasteiger partial charge in [0.1, 0.15) is 6.10 Å². The van der Waals surface area contributed by atoms with Crippen molar-refractivity contribution in [3.63, 3.8) is 0 Å². The number of benzene rings is 2. The molecule has 2 atom stereocenters. The maximum Gasteiger partial charge on any atom is 0.411 e. The summed E-state index contributed by atoms with van der Waals surface area (Å²) < 4.78 is 5.55. The molecule has 6 heteroatoms. The minimum atomic E-state index is -0.453. The van der Waals surface area contributed by atoms with E-state index in [4.69, 9.17) is 4.74 Å². The zero-order valence-electron chi connectivity index (χ0n) is 15.3. The number of ether oxygens (including phenoxy) is 1. The van der Waals surface area contributed by atoms with Crippen molar-refractivity contribution in [3.05, 3.63) is 60.2 Å². The van der Waals surface area contributed by atoms with Gasteiger partial charge in [0.05, 0.1) is 5.56 Å². The summed E-state index contributed by atoms with van der Waals surface area (Å²) >= 11 is 1.56. The standard InChI is InChI=1S/C21H24N2O3S/c1-27-19-13-6-5-12-18(19)20(24)22-16-10-7-11-17(14-16)26-21(25)23-15-8-3-2-4-9-15/h2-6,8-9,12-13,16-17H,7,10-11,14H2,1H3,(H,22,24)(H,23,25)/t16-,17+/m0/s1. The van der Waals surface area contributed by atoms with E-state index in [9.17, 15) is 9.59 Å². The molecule has 27 heavy (non-hydrogen) atoms. The first-order chi connectivity index (χ1) is 13.2. The average Bonchev–Trinajstić information content (AvgIpc) is 2.69. The average molecular weight is 385 g/mol.